The summed E-state index contributed by atoms with van der Waals surface area (Å²) in [5.41, 5.74) is 0.417. The van der Waals surface area contributed by atoms with Gasteiger partial charge in [-0.3, -0.25) is 4.79 Å². The first kappa shape index (κ1) is 19.8. The number of carbonyl (C=O) groups is 1. The first-order valence-electron chi connectivity index (χ1n) is 9.23. The molecule has 1 aliphatic rings. The Morgan fingerprint density at radius 3 is 2.93 bits per heavy atom. The summed E-state index contributed by atoms with van der Waals surface area (Å²) in [6, 6.07) is 6.53. The van der Waals surface area contributed by atoms with Crippen molar-refractivity contribution in [3.63, 3.8) is 0 Å². The normalized spacial score (nSPS) is 16.8. The molecule has 2 heterocycles. The molecule has 0 radical (unpaired) electrons. The van der Waals surface area contributed by atoms with Crippen molar-refractivity contribution in [1.82, 2.24) is 20.1 Å². The second-order valence-corrected chi connectivity index (χ2v) is 7.96. The third-order valence-electron chi connectivity index (χ3n) is 4.26. The van der Waals surface area contributed by atoms with Crippen molar-refractivity contribution in [3.8, 4) is 11.4 Å². The van der Waals surface area contributed by atoms with E-state index < -0.39 is 0 Å². The Bertz CT molecular complexity index is 775. The summed E-state index contributed by atoms with van der Waals surface area (Å²) in [5.74, 6) is 0.659. The quantitative estimate of drug-likeness (QED) is 0.699. The number of carbonyl (C=O) groups excluding carboxylic acids is 1. The maximum absolute atomic E-state index is 14.2. The molecule has 1 amide bonds. The fraction of sp³-hybridized carbons (Fsp3) is 0.526. The van der Waals surface area contributed by atoms with Gasteiger partial charge in [0.2, 0.25) is 5.91 Å². The van der Waals surface area contributed by atoms with Crippen LogP contribution in [0, 0.1) is 11.7 Å². The number of benzene rings is 1. The zero-order valence-corrected chi connectivity index (χ0v) is 16.5. The van der Waals surface area contributed by atoms with E-state index in [-0.39, 0.29) is 23.6 Å². The summed E-state index contributed by atoms with van der Waals surface area (Å²) >= 11 is 1.32. The largest absolute Gasteiger partial charge is 0.376 e. The van der Waals surface area contributed by atoms with E-state index >= 15 is 0 Å². The average Bonchev–Trinajstić information content (AvgIpc) is 3.28. The Kier molecular flexibility index (Phi) is 6.84. The van der Waals surface area contributed by atoms with E-state index in [0.29, 0.717) is 35.6 Å². The van der Waals surface area contributed by atoms with Gasteiger partial charge in [-0.2, -0.15) is 0 Å². The molecule has 0 spiro atoms. The number of nitrogens with one attached hydrogen (secondary N) is 1. The van der Waals surface area contributed by atoms with Crippen LogP contribution in [0.1, 0.15) is 26.7 Å². The second-order valence-electron chi connectivity index (χ2n) is 7.02. The Morgan fingerprint density at radius 1 is 1.41 bits per heavy atom. The van der Waals surface area contributed by atoms with Crippen LogP contribution in [0.4, 0.5) is 4.39 Å². The van der Waals surface area contributed by atoms with Crippen LogP contribution in [0.3, 0.4) is 0 Å². The minimum absolute atomic E-state index is 0.0676. The lowest BCUT2D eigenvalue weighted by Gasteiger charge is -2.13. The third-order valence-corrected chi connectivity index (χ3v) is 5.23. The molecule has 1 N–H and O–H groups in total. The molecule has 3 rings (SSSR count). The molecule has 1 saturated heterocycles. The highest BCUT2D eigenvalue weighted by Gasteiger charge is 2.20. The lowest BCUT2D eigenvalue weighted by atomic mass is 10.2. The molecule has 1 fully saturated rings. The Morgan fingerprint density at radius 2 is 2.22 bits per heavy atom. The Hall–Kier alpha value is -1.93. The predicted octanol–water partition coefficient (Wildman–Crippen LogP) is 3.13. The highest BCUT2D eigenvalue weighted by Crippen LogP contribution is 2.26. The molecule has 2 aromatic rings. The first-order chi connectivity index (χ1) is 13.0. The Balaban J connectivity index is 1.67. The lowest BCUT2D eigenvalue weighted by Crippen LogP contribution is -2.33. The molecule has 8 heteroatoms. The van der Waals surface area contributed by atoms with Gasteiger partial charge in [0.25, 0.3) is 0 Å². The van der Waals surface area contributed by atoms with Crippen LogP contribution >= 0.6 is 11.8 Å². The molecule has 0 saturated carbocycles. The van der Waals surface area contributed by atoms with Crippen molar-refractivity contribution >= 4 is 17.7 Å². The summed E-state index contributed by atoms with van der Waals surface area (Å²) < 4.78 is 21.6. The van der Waals surface area contributed by atoms with Crippen molar-refractivity contribution in [1.29, 1.82) is 0 Å². The van der Waals surface area contributed by atoms with Gasteiger partial charge in [0.05, 0.1) is 17.4 Å². The number of amides is 1. The smallest absolute Gasteiger partial charge is 0.230 e. The standard InChI is InChI=1S/C19H25FN4O2S/c1-13(2)11-24-18(15-7-3-4-8-16(15)20)22-23-19(24)27-12-17(25)21-10-14-6-5-9-26-14/h3-4,7-8,13-14H,5-6,9-12H2,1-2H3,(H,21,25). The van der Waals surface area contributed by atoms with Gasteiger partial charge in [-0.25, -0.2) is 4.39 Å². The molecular formula is C19H25FN4O2S. The average molecular weight is 393 g/mol. The second kappa shape index (κ2) is 9.32. The number of aromatic nitrogens is 3. The number of hydrogen-bond donors (Lipinski definition) is 1. The number of rotatable bonds is 8. The predicted molar refractivity (Wildman–Crippen MR) is 103 cm³/mol. The van der Waals surface area contributed by atoms with E-state index in [4.69, 9.17) is 4.74 Å². The molecule has 1 aromatic carbocycles. The maximum atomic E-state index is 14.2. The minimum Gasteiger partial charge on any atom is -0.376 e. The fourth-order valence-electron chi connectivity index (χ4n) is 2.98. The van der Waals surface area contributed by atoms with Crippen LogP contribution in [0.2, 0.25) is 0 Å². The van der Waals surface area contributed by atoms with Crippen molar-refractivity contribution in [2.75, 3.05) is 18.9 Å². The van der Waals surface area contributed by atoms with Crippen molar-refractivity contribution in [2.24, 2.45) is 5.92 Å². The third kappa shape index (κ3) is 5.29. The zero-order chi connectivity index (χ0) is 19.2. The van der Waals surface area contributed by atoms with Gasteiger partial charge in [-0.05, 0) is 30.9 Å². The van der Waals surface area contributed by atoms with E-state index in [9.17, 15) is 9.18 Å². The molecule has 1 aromatic heterocycles. The number of hydrogen-bond acceptors (Lipinski definition) is 5. The summed E-state index contributed by atoms with van der Waals surface area (Å²) in [7, 11) is 0. The van der Waals surface area contributed by atoms with Gasteiger partial charge >= 0.3 is 0 Å². The number of nitrogens with zero attached hydrogens (tertiary/aromatic N) is 3. The zero-order valence-electron chi connectivity index (χ0n) is 15.7. The van der Waals surface area contributed by atoms with Crippen LogP contribution in [-0.2, 0) is 16.1 Å². The minimum atomic E-state index is -0.333. The summed E-state index contributed by atoms with van der Waals surface area (Å²) in [5, 5.41) is 11.9. The summed E-state index contributed by atoms with van der Waals surface area (Å²) in [4.78, 5) is 12.1. The topological polar surface area (TPSA) is 69.0 Å². The van der Waals surface area contributed by atoms with E-state index in [1.54, 1.807) is 18.2 Å². The van der Waals surface area contributed by atoms with E-state index in [0.717, 1.165) is 19.4 Å². The molecule has 146 valence electrons. The van der Waals surface area contributed by atoms with Gasteiger partial charge in [-0.15, -0.1) is 10.2 Å². The van der Waals surface area contributed by atoms with Crippen LogP contribution < -0.4 is 5.32 Å². The molecule has 1 atom stereocenters. The number of ether oxygens (including phenoxy) is 1. The van der Waals surface area contributed by atoms with Gasteiger partial charge in [0, 0.05) is 19.7 Å². The van der Waals surface area contributed by atoms with Crippen LogP contribution in [0.25, 0.3) is 11.4 Å². The van der Waals surface area contributed by atoms with Crippen LogP contribution in [-0.4, -0.2) is 45.7 Å². The number of halogens is 1. The van der Waals surface area contributed by atoms with Crippen LogP contribution in [0.15, 0.2) is 29.4 Å². The van der Waals surface area contributed by atoms with E-state index in [1.807, 2.05) is 4.57 Å². The molecule has 1 aliphatic heterocycles. The highest BCUT2D eigenvalue weighted by molar-refractivity contribution is 7.99. The molecule has 0 bridgehead atoms. The van der Waals surface area contributed by atoms with Crippen molar-refractivity contribution < 1.29 is 13.9 Å². The molecular weight excluding hydrogens is 367 g/mol. The molecule has 0 aliphatic carbocycles. The SMILES string of the molecule is CC(C)Cn1c(SCC(=O)NCC2CCCO2)nnc1-c1ccccc1F. The summed E-state index contributed by atoms with van der Waals surface area (Å²) in [6.45, 7) is 6.11. The Labute approximate surface area is 162 Å². The maximum Gasteiger partial charge on any atom is 0.230 e. The van der Waals surface area contributed by atoms with E-state index in [1.165, 1.54) is 17.8 Å². The first-order valence-corrected chi connectivity index (χ1v) is 10.2. The highest BCUT2D eigenvalue weighted by atomic mass is 32.2. The van der Waals surface area contributed by atoms with Crippen molar-refractivity contribution in [3.05, 3.63) is 30.1 Å². The van der Waals surface area contributed by atoms with Gasteiger partial charge in [0.15, 0.2) is 11.0 Å². The van der Waals surface area contributed by atoms with Crippen molar-refractivity contribution in [2.45, 2.75) is 44.5 Å². The number of thioether (sulfide) groups is 1. The van der Waals surface area contributed by atoms with Gasteiger partial charge < -0.3 is 14.6 Å². The lowest BCUT2D eigenvalue weighted by molar-refractivity contribution is -0.119. The molecule has 27 heavy (non-hydrogen) atoms. The molecule has 1 unspecified atom stereocenters. The van der Waals surface area contributed by atoms with E-state index in [2.05, 4.69) is 29.4 Å². The molecule has 6 nitrogen and oxygen atoms in total. The summed E-state index contributed by atoms with van der Waals surface area (Å²) in [6.07, 6.45) is 2.16. The fourth-order valence-corrected chi connectivity index (χ4v) is 3.76. The van der Waals surface area contributed by atoms with Gasteiger partial charge in [-0.1, -0.05) is 37.7 Å². The van der Waals surface area contributed by atoms with Gasteiger partial charge in [0.1, 0.15) is 5.82 Å². The van der Waals surface area contributed by atoms with Crippen LogP contribution in [0.5, 0.6) is 0 Å². The monoisotopic (exact) mass is 392 g/mol.